The summed E-state index contributed by atoms with van der Waals surface area (Å²) in [6.07, 6.45) is 1.58. The van der Waals surface area contributed by atoms with E-state index in [9.17, 15) is 9.59 Å². The van der Waals surface area contributed by atoms with Crippen molar-refractivity contribution >= 4 is 11.9 Å². The molecule has 1 saturated heterocycles. The second kappa shape index (κ2) is 5.25. The molecule has 5 nitrogen and oxygen atoms in total. The Morgan fingerprint density at radius 2 is 2.20 bits per heavy atom. The van der Waals surface area contributed by atoms with Gasteiger partial charge >= 0.3 is 6.09 Å². The summed E-state index contributed by atoms with van der Waals surface area (Å²) >= 11 is 0. The number of nitrogens with one attached hydrogen (secondary N) is 1. The first-order valence-corrected chi connectivity index (χ1v) is 6.84. The normalized spacial score (nSPS) is 28.2. The lowest BCUT2D eigenvalue weighted by Gasteiger charge is -2.26. The van der Waals surface area contributed by atoms with Crippen LogP contribution in [0.4, 0.5) is 4.79 Å². The maximum Gasteiger partial charge on any atom is 0.408 e. The van der Waals surface area contributed by atoms with Gasteiger partial charge < -0.3 is 14.8 Å². The van der Waals surface area contributed by atoms with Crippen LogP contribution in [0.1, 0.15) is 24.8 Å². The summed E-state index contributed by atoms with van der Waals surface area (Å²) in [5.41, 5.74) is 0.0606. The number of ketones is 1. The summed E-state index contributed by atoms with van der Waals surface area (Å²) in [5.74, 6) is -0.0448. The third-order valence-corrected chi connectivity index (χ3v) is 4.04. The van der Waals surface area contributed by atoms with E-state index in [0.29, 0.717) is 6.42 Å². The molecular formula is C15H17NO4. The number of carbonyl (C=O) groups is 2. The fourth-order valence-corrected chi connectivity index (χ4v) is 2.98. The van der Waals surface area contributed by atoms with Gasteiger partial charge in [-0.3, -0.25) is 4.79 Å². The molecule has 1 saturated carbocycles. The van der Waals surface area contributed by atoms with Crippen LogP contribution in [0.2, 0.25) is 0 Å². The standard InChI is InChI=1S/C15H17NO4/c17-12-10-19-13-7-4-8-15(12,13)16-14(18)20-9-11-5-2-1-3-6-11/h1-3,5-6,13H,4,7-10H2,(H,16,18). The van der Waals surface area contributed by atoms with Crippen molar-refractivity contribution in [3.63, 3.8) is 0 Å². The molecule has 1 aromatic carbocycles. The molecule has 3 rings (SSSR count). The van der Waals surface area contributed by atoms with Crippen molar-refractivity contribution in [3.8, 4) is 0 Å². The van der Waals surface area contributed by atoms with Crippen molar-refractivity contribution in [2.24, 2.45) is 0 Å². The first-order chi connectivity index (χ1) is 9.71. The van der Waals surface area contributed by atoms with Gasteiger partial charge in [-0.1, -0.05) is 30.3 Å². The monoisotopic (exact) mass is 275 g/mol. The van der Waals surface area contributed by atoms with Gasteiger partial charge in [-0.05, 0) is 24.8 Å². The van der Waals surface area contributed by atoms with E-state index in [4.69, 9.17) is 9.47 Å². The first-order valence-electron chi connectivity index (χ1n) is 6.84. The molecule has 1 amide bonds. The van der Waals surface area contributed by atoms with Crippen molar-refractivity contribution in [1.82, 2.24) is 5.32 Å². The second-order valence-electron chi connectivity index (χ2n) is 5.27. The van der Waals surface area contributed by atoms with E-state index in [1.54, 1.807) is 0 Å². The molecule has 106 valence electrons. The molecule has 1 heterocycles. The summed E-state index contributed by atoms with van der Waals surface area (Å²) in [7, 11) is 0. The molecule has 0 aromatic heterocycles. The van der Waals surface area contributed by atoms with Crippen LogP contribution in [-0.2, 0) is 20.9 Å². The average Bonchev–Trinajstić information content (AvgIpc) is 2.99. The molecule has 5 heteroatoms. The van der Waals surface area contributed by atoms with Gasteiger partial charge in [0.05, 0.1) is 6.10 Å². The highest BCUT2D eigenvalue weighted by molar-refractivity contribution is 5.95. The quantitative estimate of drug-likeness (QED) is 0.913. The zero-order valence-corrected chi connectivity index (χ0v) is 11.1. The maximum atomic E-state index is 12.0. The fraction of sp³-hybridized carbons (Fsp3) is 0.467. The molecule has 0 bridgehead atoms. The molecule has 1 aliphatic carbocycles. The van der Waals surface area contributed by atoms with Crippen LogP contribution >= 0.6 is 0 Å². The Balaban J connectivity index is 1.60. The van der Waals surface area contributed by atoms with Crippen LogP contribution in [0.25, 0.3) is 0 Å². The van der Waals surface area contributed by atoms with Crippen molar-refractivity contribution in [2.75, 3.05) is 6.61 Å². The van der Waals surface area contributed by atoms with Crippen LogP contribution in [0.15, 0.2) is 30.3 Å². The number of fused-ring (bicyclic) bond motifs is 1. The van der Waals surface area contributed by atoms with E-state index in [0.717, 1.165) is 18.4 Å². The number of ether oxygens (including phenoxy) is 2. The third kappa shape index (κ3) is 2.29. The van der Waals surface area contributed by atoms with Gasteiger partial charge in [0.1, 0.15) is 18.8 Å². The van der Waals surface area contributed by atoms with Crippen LogP contribution in [0, 0.1) is 0 Å². The molecule has 2 unspecified atom stereocenters. The molecule has 2 aliphatic rings. The zero-order chi connectivity index (χ0) is 14.0. The maximum absolute atomic E-state index is 12.0. The summed E-state index contributed by atoms with van der Waals surface area (Å²) < 4.78 is 10.6. The Hall–Kier alpha value is -1.88. The second-order valence-corrected chi connectivity index (χ2v) is 5.27. The van der Waals surface area contributed by atoms with Crippen molar-refractivity contribution in [3.05, 3.63) is 35.9 Å². The lowest BCUT2D eigenvalue weighted by Crippen LogP contribution is -2.56. The minimum atomic E-state index is -0.853. The molecule has 0 radical (unpaired) electrons. The molecule has 1 aliphatic heterocycles. The molecule has 2 fully saturated rings. The number of rotatable bonds is 3. The van der Waals surface area contributed by atoms with Gasteiger partial charge in [0.2, 0.25) is 0 Å². The Morgan fingerprint density at radius 1 is 1.40 bits per heavy atom. The number of benzene rings is 1. The highest BCUT2D eigenvalue weighted by Gasteiger charge is 2.55. The predicted molar refractivity (Wildman–Crippen MR) is 71.1 cm³/mol. The van der Waals surface area contributed by atoms with Crippen LogP contribution < -0.4 is 5.32 Å². The SMILES string of the molecule is O=C(NC12CCCC1OCC2=O)OCc1ccccc1. The molecule has 0 spiro atoms. The molecule has 20 heavy (non-hydrogen) atoms. The molecule has 2 atom stereocenters. The van der Waals surface area contributed by atoms with E-state index >= 15 is 0 Å². The fourth-order valence-electron chi connectivity index (χ4n) is 2.98. The Kier molecular flexibility index (Phi) is 3.44. The van der Waals surface area contributed by atoms with Gasteiger partial charge in [0, 0.05) is 0 Å². The third-order valence-electron chi connectivity index (χ3n) is 4.04. The highest BCUT2D eigenvalue weighted by Crippen LogP contribution is 2.37. The van der Waals surface area contributed by atoms with Crippen molar-refractivity contribution in [1.29, 1.82) is 0 Å². The van der Waals surface area contributed by atoms with Gasteiger partial charge in [-0.2, -0.15) is 0 Å². The van der Waals surface area contributed by atoms with Crippen molar-refractivity contribution < 1.29 is 19.1 Å². The molecule has 1 aromatic rings. The minimum absolute atomic E-state index is 0.0448. The van der Waals surface area contributed by atoms with Gasteiger partial charge in [-0.15, -0.1) is 0 Å². The largest absolute Gasteiger partial charge is 0.445 e. The minimum Gasteiger partial charge on any atom is -0.445 e. The number of Topliss-reactive ketones (excluding diaryl/α,β-unsaturated/α-hetero) is 1. The molecule has 1 N–H and O–H groups in total. The molecular weight excluding hydrogens is 258 g/mol. The van der Waals surface area contributed by atoms with E-state index in [1.807, 2.05) is 30.3 Å². The summed E-state index contributed by atoms with van der Waals surface area (Å²) in [6.45, 7) is 0.284. The van der Waals surface area contributed by atoms with E-state index in [1.165, 1.54) is 0 Å². The van der Waals surface area contributed by atoms with Crippen LogP contribution in [0.3, 0.4) is 0 Å². The summed E-state index contributed by atoms with van der Waals surface area (Å²) in [5, 5.41) is 2.74. The number of amides is 1. The Morgan fingerprint density at radius 3 is 3.00 bits per heavy atom. The van der Waals surface area contributed by atoms with Gasteiger partial charge in [0.25, 0.3) is 0 Å². The highest BCUT2D eigenvalue weighted by atomic mass is 16.6. The lowest BCUT2D eigenvalue weighted by atomic mass is 9.93. The van der Waals surface area contributed by atoms with E-state index in [-0.39, 0.29) is 25.1 Å². The zero-order valence-electron chi connectivity index (χ0n) is 11.1. The Labute approximate surface area is 117 Å². The van der Waals surface area contributed by atoms with E-state index in [2.05, 4.69) is 5.32 Å². The average molecular weight is 275 g/mol. The lowest BCUT2D eigenvalue weighted by molar-refractivity contribution is -0.122. The Bertz CT molecular complexity index is 516. The predicted octanol–water partition coefficient (Wildman–Crippen LogP) is 1.80. The van der Waals surface area contributed by atoms with E-state index < -0.39 is 11.6 Å². The topological polar surface area (TPSA) is 64.6 Å². The first kappa shape index (κ1) is 13.1. The number of carbonyl (C=O) groups excluding carboxylic acids is 2. The van der Waals surface area contributed by atoms with Crippen LogP contribution in [-0.4, -0.2) is 30.1 Å². The van der Waals surface area contributed by atoms with Gasteiger partial charge in [-0.25, -0.2) is 4.79 Å². The number of hydrogen-bond donors (Lipinski definition) is 1. The van der Waals surface area contributed by atoms with Crippen molar-refractivity contribution in [2.45, 2.75) is 37.5 Å². The number of hydrogen-bond acceptors (Lipinski definition) is 4. The smallest absolute Gasteiger partial charge is 0.408 e. The summed E-state index contributed by atoms with van der Waals surface area (Å²) in [6, 6.07) is 9.44. The van der Waals surface area contributed by atoms with Gasteiger partial charge in [0.15, 0.2) is 5.78 Å². The summed E-state index contributed by atoms with van der Waals surface area (Å²) in [4.78, 5) is 23.9. The number of alkyl carbamates (subject to hydrolysis) is 1. The van der Waals surface area contributed by atoms with Crippen LogP contribution in [0.5, 0.6) is 0 Å².